The van der Waals surface area contributed by atoms with Crippen LogP contribution in [0.5, 0.6) is 0 Å². The van der Waals surface area contributed by atoms with Gasteiger partial charge in [0, 0.05) is 0 Å². The summed E-state index contributed by atoms with van der Waals surface area (Å²) in [5.74, 6) is -23.4. The Kier molecular flexibility index (Phi) is 32.2. The lowest BCUT2D eigenvalue weighted by Gasteiger charge is -2.27. The number of carbonyl (C=O) groups excluding carboxylic acids is 10. The van der Waals surface area contributed by atoms with Crippen LogP contribution in [0.3, 0.4) is 0 Å². The average molecular weight is 1140 g/mol. The number of carbonyl (C=O) groups is 15. The van der Waals surface area contributed by atoms with Crippen molar-refractivity contribution in [1.82, 2.24) is 53.2 Å². The Labute approximate surface area is 445 Å². The minimum atomic E-state index is -2.33. The maximum absolute atomic E-state index is 13.6. The number of carboxylic acids is 5. The van der Waals surface area contributed by atoms with E-state index >= 15 is 0 Å². The average Bonchev–Trinajstić information content (AvgIpc) is 3.36. The normalized spacial score (nSPS) is 15.5. The van der Waals surface area contributed by atoms with Crippen LogP contribution in [-0.4, -0.2) is 257 Å². The molecule has 0 saturated heterocycles. The molecule has 0 saturated carbocycles. The molecule has 0 aromatic carbocycles. The largest absolute Gasteiger partial charge is 0.481 e. The second-order valence-corrected chi connectivity index (χ2v) is 16.8. The summed E-state index contributed by atoms with van der Waals surface area (Å²) in [6.45, 7) is -4.71. The molecular weight excluding hydrogens is 1080 g/mol. The number of hydrogen-bond acceptors (Lipinski definition) is 23. The van der Waals surface area contributed by atoms with Gasteiger partial charge in [0.1, 0.15) is 66.5 Å². The molecule has 12 atom stereocenters. The van der Waals surface area contributed by atoms with Crippen molar-refractivity contribution in [2.45, 2.75) is 124 Å². The minimum Gasteiger partial charge on any atom is -0.481 e. The maximum atomic E-state index is 13.6. The molecule has 0 unspecified atom stereocenters. The van der Waals surface area contributed by atoms with Gasteiger partial charge < -0.3 is 121 Å². The maximum Gasteiger partial charge on any atom is 0.326 e. The van der Waals surface area contributed by atoms with E-state index in [4.69, 9.17) is 21.7 Å². The number of nitrogens with one attached hydrogen (secondary N) is 10. The molecule has 0 aliphatic carbocycles. The summed E-state index contributed by atoms with van der Waals surface area (Å²) in [6, 6.07) is -22.2. The number of nitrogens with two attached hydrogens (primary N) is 2. The highest BCUT2D eigenvalue weighted by Crippen LogP contribution is 2.07. The van der Waals surface area contributed by atoms with Crippen molar-refractivity contribution in [2.24, 2.45) is 11.5 Å². The Morgan fingerprint density at radius 1 is 0.354 bits per heavy atom. The van der Waals surface area contributed by atoms with Crippen LogP contribution in [0.25, 0.3) is 0 Å². The van der Waals surface area contributed by atoms with Crippen LogP contribution in [0.4, 0.5) is 0 Å². The number of rotatable bonds is 39. The van der Waals surface area contributed by atoms with Gasteiger partial charge in [-0.2, -0.15) is 0 Å². The predicted molar refractivity (Wildman–Crippen MR) is 254 cm³/mol. The molecule has 38 heteroatoms. The standard InChI is InChI=1S/C41H66N12O26/c1-15(59)30(53-39(76)25(14-58)49-31(68)16(43)10-54)40(77)52-24(13-57)38(75)51-22(11-55)36(73)44-17(4-2-3-5-42)32(69)50-23(12-56)37(74)47-19(7-27(62)63)34(71)45-18(6-26(60)61)33(70)46-20(8-28(64)65)35(72)48-21(41(78)79)9-29(66)67/h15-25,30,54-59H,2-14,42-43H2,1H3,(H,44,73)(H,45,71)(H,46,70)(H,47,74)(H,48,72)(H,49,68)(H,50,69)(H,51,75)(H,52,77)(H,53,76)(H,60,61)(H,62,63)(H,64,65)(H,66,67)(H,78,79)/t15-,16-,17+,18-,19+,20+,21-,22-,23-,24+,25+,30+/m1/s1. The van der Waals surface area contributed by atoms with Gasteiger partial charge in [0.05, 0.1) is 64.8 Å². The van der Waals surface area contributed by atoms with Crippen molar-refractivity contribution in [2.75, 3.05) is 39.6 Å². The zero-order valence-electron chi connectivity index (χ0n) is 41.8. The Hall–Kier alpha value is -8.27. The molecule has 0 spiro atoms. The fourth-order valence-electron chi connectivity index (χ4n) is 6.25. The van der Waals surface area contributed by atoms with Crippen LogP contribution < -0.4 is 64.6 Å². The molecule has 0 aromatic heterocycles. The lowest BCUT2D eigenvalue weighted by molar-refractivity contribution is -0.148. The topological polar surface area (TPSA) is 651 Å². The Bertz CT molecular complexity index is 2200. The smallest absolute Gasteiger partial charge is 0.326 e. The monoisotopic (exact) mass is 1140 g/mol. The van der Waals surface area contributed by atoms with E-state index in [2.05, 4.69) is 5.32 Å². The van der Waals surface area contributed by atoms with Gasteiger partial charge in [0.15, 0.2) is 0 Å². The summed E-state index contributed by atoms with van der Waals surface area (Å²) in [5.41, 5.74) is 10.9. The lowest BCUT2D eigenvalue weighted by atomic mass is 10.1. The highest BCUT2D eigenvalue weighted by molar-refractivity contribution is 6.00. The van der Waals surface area contributed by atoms with Crippen LogP contribution in [0, 0.1) is 0 Å². The summed E-state index contributed by atoms with van der Waals surface area (Å²) >= 11 is 0. The van der Waals surface area contributed by atoms with E-state index < -0.39 is 220 Å². The molecule has 0 rings (SSSR count). The van der Waals surface area contributed by atoms with Crippen molar-refractivity contribution in [1.29, 1.82) is 0 Å². The number of aliphatic hydroxyl groups excluding tert-OH is 6. The van der Waals surface area contributed by atoms with E-state index in [1.54, 1.807) is 16.0 Å². The third kappa shape index (κ3) is 26.1. The van der Waals surface area contributed by atoms with Crippen molar-refractivity contribution in [3.8, 4) is 0 Å². The van der Waals surface area contributed by atoms with Gasteiger partial charge in [0.25, 0.3) is 0 Å². The summed E-state index contributed by atoms with van der Waals surface area (Å²) in [7, 11) is 0. The zero-order chi connectivity index (χ0) is 60.9. The fourth-order valence-corrected chi connectivity index (χ4v) is 6.25. The minimum absolute atomic E-state index is 0.0348. The Morgan fingerprint density at radius 3 is 0.924 bits per heavy atom. The molecule has 0 radical (unpaired) electrons. The fraction of sp³-hybridized carbons (Fsp3) is 0.634. The molecule has 25 N–H and O–H groups in total. The molecule has 0 aliphatic rings. The van der Waals surface area contributed by atoms with Crippen molar-refractivity contribution >= 4 is 88.9 Å². The van der Waals surface area contributed by atoms with Gasteiger partial charge >= 0.3 is 29.8 Å². The van der Waals surface area contributed by atoms with E-state index in [9.17, 15) is 118 Å². The van der Waals surface area contributed by atoms with Crippen molar-refractivity contribution in [3.63, 3.8) is 0 Å². The van der Waals surface area contributed by atoms with Crippen LogP contribution in [0.2, 0.25) is 0 Å². The molecule has 0 heterocycles. The van der Waals surface area contributed by atoms with Crippen molar-refractivity contribution in [3.05, 3.63) is 0 Å². The van der Waals surface area contributed by atoms with E-state index in [1.807, 2.05) is 31.9 Å². The van der Waals surface area contributed by atoms with Crippen molar-refractivity contribution < 1.29 is 128 Å². The van der Waals surface area contributed by atoms with Gasteiger partial charge in [-0.3, -0.25) is 67.1 Å². The van der Waals surface area contributed by atoms with E-state index in [-0.39, 0.29) is 25.8 Å². The molecule has 38 nitrogen and oxygen atoms in total. The number of hydrogen-bond donors (Lipinski definition) is 23. The number of unbranched alkanes of at least 4 members (excludes halogenated alkanes) is 1. The quantitative estimate of drug-likeness (QED) is 0.0254. The van der Waals surface area contributed by atoms with Crippen LogP contribution in [0.15, 0.2) is 0 Å². The van der Waals surface area contributed by atoms with Gasteiger partial charge in [-0.25, -0.2) is 4.79 Å². The van der Waals surface area contributed by atoms with Crippen LogP contribution >= 0.6 is 0 Å². The number of aliphatic carboxylic acids is 5. The number of amides is 10. The van der Waals surface area contributed by atoms with E-state index in [0.717, 1.165) is 6.92 Å². The molecule has 0 fully saturated rings. The van der Waals surface area contributed by atoms with Gasteiger partial charge in [-0.05, 0) is 32.7 Å². The molecular formula is C41H66N12O26. The molecule has 0 aliphatic heterocycles. The SMILES string of the molecule is C[C@@H](O)[C@H](NC(=O)[C@H](CO)NC(=O)[C@H](N)CO)C(=O)N[C@@H](CO)C(=O)N[C@H](CO)C(=O)N[C@@H](CCCCN)C(=O)N[C@H](CO)C(=O)N[C@@H](CC(=O)O)C(=O)N[C@H](CC(=O)O)C(=O)N[C@@H](CC(=O)O)C(=O)N[C@H](CC(=O)O)C(=O)O. The van der Waals surface area contributed by atoms with Gasteiger partial charge in [-0.15, -0.1) is 0 Å². The Morgan fingerprint density at radius 2 is 0.620 bits per heavy atom. The highest BCUT2D eigenvalue weighted by atomic mass is 16.4. The van der Waals surface area contributed by atoms with Crippen LogP contribution in [0.1, 0.15) is 51.9 Å². The number of aliphatic hydroxyl groups is 6. The molecule has 446 valence electrons. The van der Waals surface area contributed by atoms with E-state index in [0.29, 0.717) is 0 Å². The molecule has 0 aromatic rings. The summed E-state index contributed by atoms with van der Waals surface area (Å²) in [4.78, 5) is 188. The summed E-state index contributed by atoms with van der Waals surface area (Å²) in [6.07, 6.45) is -7.16. The third-order valence-corrected chi connectivity index (χ3v) is 10.5. The summed E-state index contributed by atoms with van der Waals surface area (Å²) < 4.78 is 0. The highest BCUT2D eigenvalue weighted by Gasteiger charge is 2.38. The van der Waals surface area contributed by atoms with Crippen LogP contribution in [-0.2, 0) is 71.9 Å². The molecule has 0 bridgehead atoms. The first kappa shape index (κ1) is 70.7. The van der Waals surface area contributed by atoms with Gasteiger partial charge in [-0.1, -0.05) is 0 Å². The number of carboxylic acid groups (broad SMARTS) is 5. The first-order valence-corrected chi connectivity index (χ1v) is 23.2. The first-order valence-electron chi connectivity index (χ1n) is 23.2. The predicted octanol–water partition coefficient (Wildman–Crippen LogP) is -13.4. The molecule has 79 heavy (non-hydrogen) atoms. The lowest BCUT2D eigenvalue weighted by Crippen LogP contribution is -2.63. The summed E-state index contributed by atoms with van der Waals surface area (Å²) in [5, 5.41) is 125. The second-order valence-electron chi connectivity index (χ2n) is 16.8. The Balaban J connectivity index is 6.39. The second kappa shape index (κ2) is 35.9. The molecule has 10 amide bonds. The zero-order valence-corrected chi connectivity index (χ0v) is 41.8. The van der Waals surface area contributed by atoms with Gasteiger partial charge in [0.2, 0.25) is 59.1 Å². The first-order chi connectivity index (χ1) is 36.9. The van der Waals surface area contributed by atoms with E-state index in [1.165, 1.54) is 0 Å². The third-order valence-electron chi connectivity index (χ3n) is 10.5.